The van der Waals surface area contributed by atoms with E-state index in [9.17, 15) is 4.79 Å². The normalized spacial score (nSPS) is 17.4. The highest BCUT2D eigenvalue weighted by Crippen LogP contribution is 2.39. The van der Waals surface area contributed by atoms with E-state index in [1.54, 1.807) is 6.92 Å². The standard InChI is InChI=1S/C49H42N2O3.24H2/c1-7-13-15-17-18-19-20-21-22-23-24-25-26-27-28-29-30-31-32-33-34-35-37-40-48(52)51-46(45(50)39-36-16-14-8-2)41-53-49-44(12-6)42(10-4)43(11-5)47(54-49)38-9-3;;;;;;;;;;;;;;;;;;;;;;;;/h9-12,42-47,49H,3-6,8,14,16,36,38-39,41,50H2,1-2H3,(H,51,52);24*1H/t42-,43+,44?,45+,46-,47?,49-;;;;;;;;;;;;;;;;;;;;;;;;/m0......................../s1. The molecule has 1 saturated heterocycles. The highest BCUT2D eigenvalue weighted by Gasteiger charge is 2.42. The number of allylic oxidation sites excluding steroid dienone is 1. The number of nitrogens with one attached hydrogen (secondary N) is 1. The topological polar surface area (TPSA) is 73.6 Å². The van der Waals surface area contributed by atoms with E-state index in [4.69, 9.17) is 15.2 Å². The smallest absolute Gasteiger partial charge is 0.297 e. The van der Waals surface area contributed by atoms with Gasteiger partial charge >= 0.3 is 0 Å². The number of carbonyl (C=O) groups is 1. The maximum absolute atomic E-state index is 12.8. The minimum absolute atomic E-state index is 0. The second-order valence-corrected chi connectivity index (χ2v) is 11.1. The average Bonchev–Trinajstić information content (AvgIpc) is 3.17. The molecule has 0 saturated carbocycles. The maximum Gasteiger partial charge on any atom is 0.297 e. The minimum atomic E-state index is -0.619. The van der Waals surface area contributed by atoms with Crippen molar-refractivity contribution in [2.24, 2.45) is 23.5 Å². The summed E-state index contributed by atoms with van der Waals surface area (Å²) in [6, 6.07) is -0.877. The average molecular weight is 755 g/mol. The molecule has 5 nitrogen and oxygen atoms in total. The van der Waals surface area contributed by atoms with E-state index in [1.807, 2.05) is 24.3 Å². The lowest BCUT2D eigenvalue weighted by atomic mass is 9.75. The lowest BCUT2D eigenvalue weighted by Crippen LogP contribution is -2.52. The second kappa shape index (κ2) is 30.8. The van der Waals surface area contributed by atoms with E-state index >= 15 is 0 Å². The molecular formula is C49H90N2O3. The number of unbranched alkanes of at least 4 members (excludes halogenated alkanes) is 3. The molecule has 3 N–H and O–H groups in total. The van der Waals surface area contributed by atoms with Gasteiger partial charge in [-0.15, -0.1) is 26.3 Å². The van der Waals surface area contributed by atoms with Crippen LogP contribution in [0.5, 0.6) is 0 Å². The van der Waals surface area contributed by atoms with Gasteiger partial charge in [0.1, 0.15) is 0 Å². The number of carbonyl (C=O) groups excluding carboxylic acids is 1. The Bertz CT molecular complexity index is 2210. The van der Waals surface area contributed by atoms with Crippen molar-refractivity contribution < 1.29 is 48.5 Å². The number of hydrogen-bond acceptors (Lipinski definition) is 4. The molecular weight excluding hydrogens is 665 g/mol. The Hall–Kier alpha value is -6.97. The van der Waals surface area contributed by atoms with Gasteiger partial charge in [0.05, 0.1) is 18.8 Å². The predicted molar refractivity (Wildman–Crippen MR) is 269 cm³/mol. The Morgan fingerprint density at radius 1 is 0.704 bits per heavy atom. The molecule has 2 unspecified atom stereocenters. The van der Waals surface area contributed by atoms with Crippen LogP contribution in [0, 0.1) is 160 Å². The third-order valence-corrected chi connectivity index (χ3v) is 7.43. The Morgan fingerprint density at radius 3 is 1.59 bits per heavy atom. The molecule has 1 aliphatic heterocycles. The first-order chi connectivity index (χ1) is 26.5. The zero-order chi connectivity index (χ0) is 39.5. The molecule has 0 aromatic carbocycles. The van der Waals surface area contributed by atoms with Gasteiger partial charge in [-0.05, 0) is 120 Å². The first kappa shape index (κ1) is 45.1. The van der Waals surface area contributed by atoms with Crippen molar-refractivity contribution in [2.45, 2.75) is 76.9 Å². The molecule has 1 aliphatic rings. The van der Waals surface area contributed by atoms with Gasteiger partial charge in [-0.1, -0.05) is 62.8 Å². The maximum atomic E-state index is 12.8. The molecule has 54 heavy (non-hydrogen) atoms. The summed E-state index contributed by atoms with van der Waals surface area (Å²) in [5.41, 5.74) is 6.57. The molecule has 0 bridgehead atoms. The molecule has 1 heterocycles. The predicted octanol–water partition coefficient (Wildman–Crippen LogP) is 10.5. The highest BCUT2D eigenvalue weighted by molar-refractivity contribution is 5.94. The number of amides is 1. The fourth-order valence-electron chi connectivity index (χ4n) is 4.92. The molecule has 0 spiro atoms. The zero-order valence-corrected chi connectivity index (χ0v) is 30.9. The fraction of sp³-hybridized carbons (Fsp3) is 0.327. The number of rotatable bonds is 15. The molecule has 0 aromatic heterocycles. The number of nitrogens with two attached hydrogens (primary N) is 1. The van der Waals surface area contributed by atoms with Crippen molar-refractivity contribution in [1.29, 1.82) is 0 Å². The van der Waals surface area contributed by atoms with Gasteiger partial charge in [0.25, 0.3) is 5.91 Å². The Balaban J connectivity index is -0.0000000552. The molecule has 1 fully saturated rings. The Morgan fingerprint density at radius 2 is 1.17 bits per heavy atom. The van der Waals surface area contributed by atoms with Crippen molar-refractivity contribution >= 4 is 5.91 Å². The van der Waals surface area contributed by atoms with Gasteiger partial charge in [0, 0.05) is 93.6 Å². The van der Waals surface area contributed by atoms with Crippen LogP contribution in [0.15, 0.2) is 50.6 Å². The van der Waals surface area contributed by atoms with Crippen LogP contribution in [0.4, 0.5) is 0 Å². The summed E-state index contributed by atoms with van der Waals surface area (Å²) in [4.78, 5) is 12.8. The highest BCUT2D eigenvalue weighted by atomic mass is 16.7. The van der Waals surface area contributed by atoms with Gasteiger partial charge in [0.15, 0.2) is 6.29 Å². The third kappa shape index (κ3) is 20.0. The van der Waals surface area contributed by atoms with Crippen molar-refractivity contribution in [3.05, 3.63) is 50.6 Å². The summed E-state index contributed by atoms with van der Waals surface area (Å²) < 4.78 is 12.7. The van der Waals surface area contributed by atoms with E-state index in [1.165, 1.54) is 0 Å². The zero-order valence-electron chi connectivity index (χ0n) is 30.9. The van der Waals surface area contributed by atoms with Crippen molar-refractivity contribution in [3.63, 3.8) is 0 Å². The first-order valence-corrected chi connectivity index (χ1v) is 17.2. The van der Waals surface area contributed by atoms with Crippen LogP contribution in [0.25, 0.3) is 0 Å². The summed E-state index contributed by atoms with van der Waals surface area (Å²) in [7, 11) is 0. The second-order valence-electron chi connectivity index (χ2n) is 11.1. The van der Waals surface area contributed by atoms with Crippen molar-refractivity contribution in [2.75, 3.05) is 6.61 Å². The summed E-state index contributed by atoms with van der Waals surface area (Å²) in [5.74, 6) is 60.0. The van der Waals surface area contributed by atoms with Crippen LogP contribution in [0.3, 0.4) is 0 Å². The van der Waals surface area contributed by atoms with E-state index < -0.39 is 18.2 Å². The summed E-state index contributed by atoms with van der Waals surface area (Å²) in [6.07, 6.45) is 12.1. The molecule has 5 heteroatoms. The molecule has 314 valence electrons. The Kier molecular flexibility index (Phi) is 25.7. The van der Waals surface area contributed by atoms with Crippen LogP contribution in [0.1, 0.15) is 86.6 Å². The monoisotopic (exact) mass is 755 g/mol. The van der Waals surface area contributed by atoms with Crippen LogP contribution < -0.4 is 11.1 Å². The minimum Gasteiger partial charge on any atom is -0.350 e. The van der Waals surface area contributed by atoms with Gasteiger partial charge < -0.3 is 20.5 Å². The molecule has 1 rings (SSSR count). The number of ether oxygens (including phenoxy) is 2. The lowest BCUT2D eigenvalue weighted by molar-refractivity contribution is -0.235. The fourth-order valence-corrected chi connectivity index (χ4v) is 4.92. The quantitative estimate of drug-likeness (QED) is 0.0992. The summed E-state index contributed by atoms with van der Waals surface area (Å²) in [6.45, 7) is 19.9. The van der Waals surface area contributed by atoms with E-state index in [0.29, 0.717) is 12.8 Å². The van der Waals surface area contributed by atoms with Crippen molar-refractivity contribution in [1.82, 2.24) is 5.32 Å². The molecule has 7 atom stereocenters. The summed E-state index contributed by atoms with van der Waals surface area (Å²) >= 11 is 0. The van der Waals surface area contributed by atoms with Crippen LogP contribution in [-0.2, 0) is 14.3 Å². The first-order valence-electron chi connectivity index (χ1n) is 17.2. The van der Waals surface area contributed by atoms with Gasteiger partial charge in [0.2, 0.25) is 0 Å². The van der Waals surface area contributed by atoms with E-state index in [-0.39, 0.29) is 70.7 Å². The number of hydrogen-bond donors (Lipinski definition) is 2. The van der Waals surface area contributed by atoms with Crippen molar-refractivity contribution in [3.8, 4) is 142 Å². The van der Waals surface area contributed by atoms with Crippen LogP contribution >= 0.6 is 0 Å². The molecule has 0 aromatic rings. The third-order valence-electron chi connectivity index (χ3n) is 7.43. The van der Waals surface area contributed by atoms with E-state index in [0.717, 1.165) is 25.7 Å². The van der Waals surface area contributed by atoms with Crippen LogP contribution in [-0.4, -0.2) is 37.0 Å². The van der Waals surface area contributed by atoms with Gasteiger partial charge in [-0.3, -0.25) is 4.79 Å². The SMILES string of the molecule is C=CCC1O[C@H](OC[C@H](NC(=O)C#CC#CC#CC#CC#CC#CC#CC#CC#CC#CC#CC#CC)[C@H](N)CCCCCC)C(C=C)[C@@H](C=C)[C@H]1C=C.[HH].[HH].[HH].[HH].[HH].[HH].[HH].[HH].[HH].[HH].[HH].[HH].[HH].[HH].[HH].[HH].[HH].[HH].[HH].[HH].[HH].[HH].[HH].[HH]. The largest absolute Gasteiger partial charge is 0.350 e. The Labute approximate surface area is 359 Å². The van der Waals surface area contributed by atoms with Gasteiger partial charge in [-0.25, -0.2) is 0 Å². The molecule has 1 amide bonds. The van der Waals surface area contributed by atoms with Gasteiger partial charge in [-0.2, -0.15) is 0 Å². The summed E-state index contributed by atoms with van der Waals surface area (Å²) in [5, 5.41) is 2.90. The van der Waals surface area contributed by atoms with E-state index in [2.05, 4.69) is 181 Å². The molecule has 0 aliphatic carbocycles. The van der Waals surface area contributed by atoms with Crippen LogP contribution in [0.2, 0.25) is 0 Å². The lowest BCUT2D eigenvalue weighted by Gasteiger charge is -2.44. The molecule has 0 radical (unpaired) electrons.